The Morgan fingerprint density at radius 1 is 0.754 bits per heavy atom. The summed E-state index contributed by atoms with van der Waals surface area (Å²) in [5, 5.41) is 0. The molecule has 12 unspecified atom stereocenters. The van der Waals surface area contributed by atoms with E-state index in [0.717, 1.165) is 5.92 Å². The Morgan fingerprint density at radius 2 is 1.48 bits per heavy atom. The maximum atomic E-state index is 7.86. The van der Waals surface area contributed by atoms with Crippen LogP contribution in [0.2, 0.25) is 5.82 Å². The highest BCUT2D eigenvalue weighted by Crippen LogP contribution is 2.72. The summed E-state index contributed by atoms with van der Waals surface area (Å²) >= 11 is 0. The van der Waals surface area contributed by atoms with Crippen LogP contribution in [0.5, 0.6) is 0 Å². The van der Waals surface area contributed by atoms with Crippen LogP contribution in [-0.2, 0) is 4.74 Å². The molecule has 1 spiro atoms. The third-order valence-corrected chi connectivity index (χ3v) is 20.4. The lowest BCUT2D eigenvalue weighted by molar-refractivity contribution is -0.0395. The van der Waals surface area contributed by atoms with Crippen molar-refractivity contribution in [1.82, 2.24) is 9.80 Å². The minimum absolute atomic E-state index is 0.149. The summed E-state index contributed by atoms with van der Waals surface area (Å²) in [5.74, 6) is 4.48. The molecule has 4 heteroatoms. The first-order valence-electron chi connectivity index (χ1n) is 26.3. The van der Waals surface area contributed by atoms with E-state index in [1.54, 1.807) is 16.8 Å². The first-order valence-corrected chi connectivity index (χ1v) is 26.3. The number of ether oxygens (including phenoxy) is 1. The molecular formula is C57H89BN2O. The fourth-order valence-corrected chi connectivity index (χ4v) is 16.9. The summed E-state index contributed by atoms with van der Waals surface area (Å²) < 4.78 is 7.86. The standard InChI is InChI=1S/C57H89BN2O/c1-52(2,3)37-23-24-47-42(32-37)49-51(61-47)58-44-34-40(55(10,11)12)33-43-50(44)60(56(13,14)57(43)25-19-16-20-26-57)46-30-36(29-45(48(46)58)59(49)41-21-17-15-18-22-41)35-27-38(53(4,5)6)31-39(28-35)54(7,8)9/h21,23-24,27,31,35-37,40,42-43,45-49,51H,15-20,22,25-26,28-30,32-34H2,1-14H3. The minimum Gasteiger partial charge on any atom is -0.376 e. The van der Waals surface area contributed by atoms with Gasteiger partial charge in [0.05, 0.1) is 18.1 Å². The highest BCUT2D eigenvalue weighted by Gasteiger charge is 2.73. The van der Waals surface area contributed by atoms with Crippen molar-refractivity contribution in [3.63, 3.8) is 0 Å². The van der Waals surface area contributed by atoms with Gasteiger partial charge in [-0.25, -0.2) is 0 Å². The Kier molecular flexibility index (Phi) is 10.2. The predicted molar refractivity (Wildman–Crippen MR) is 258 cm³/mol. The molecule has 3 saturated heterocycles. The van der Waals surface area contributed by atoms with E-state index in [1.807, 2.05) is 11.2 Å². The van der Waals surface area contributed by atoms with Gasteiger partial charge in [-0.3, -0.25) is 0 Å². The summed E-state index contributed by atoms with van der Waals surface area (Å²) in [7, 11) is 0. The molecule has 0 radical (unpaired) electrons. The lowest BCUT2D eigenvalue weighted by Crippen LogP contribution is -2.72. The fourth-order valence-electron chi connectivity index (χ4n) is 16.9. The average Bonchev–Trinajstić information content (AvgIpc) is 3.65. The van der Waals surface area contributed by atoms with Gasteiger partial charge in [-0.2, -0.15) is 0 Å². The molecule has 12 atom stereocenters. The van der Waals surface area contributed by atoms with Gasteiger partial charge in [0.2, 0.25) is 6.71 Å². The van der Waals surface area contributed by atoms with Crippen LogP contribution in [0.3, 0.4) is 0 Å². The van der Waals surface area contributed by atoms with Crippen LogP contribution < -0.4 is 0 Å². The van der Waals surface area contributed by atoms with Gasteiger partial charge in [0.1, 0.15) is 0 Å². The summed E-state index contributed by atoms with van der Waals surface area (Å²) in [4.78, 5) is 6.54. The monoisotopic (exact) mass is 829 g/mol. The molecular weight excluding hydrogens is 739 g/mol. The second kappa shape index (κ2) is 14.4. The second-order valence-electron chi connectivity index (χ2n) is 27.9. The van der Waals surface area contributed by atoms with Crippen molar-refractivity contribution in [3.8, 4) is 0 Å². The van der Waals surface area contributed by atoms with Crippen LogP contribution in [0, 0.1) is 62.6 Å². The van der Waals surface area contributed by atoms with Gasteiger partial charge in [0, 0.05) is 46.3 Å². The van der Waals surface area contributed by atoms with Crippen molar-refractivity contribution in [3.05, 3.63) is 58.4 Å². The number of nitrogens with zero attached hydrogens (tertiary/aromatic N) is 2. The van der Waals surface area contributed by atoms with E-state index in [-0.39, 0.29) is 33.9 Å². The highest BCUT2D eigenvalue weighted by molar-refractivity contribution is 6.71. The fraction of sp³-hybridized carbons (Fsp3) is 0.825. The number of rotatable bonds is 2. The quantitative estimate of drug-likeness (QED) is 0.204. The molecule has 0 N–H and O–H groups in total. The predicted octanol–water partition coefficient (Wildman–Crippen LogP) is 14.6. The van der Waals surface area contributed by atoms with Crippen molar-refractivity contribution in [1.29, 1.82) is 0 Å². The SMILES string of the molecule is CC(C)(C)C1=CC(C2CC3C4B(C5=C6C(CC(C(C)(C)C)C5)C5(CCCCC5)C(C)(C)N6C4C2)C2OC4C=CC(C(C)(C)C)CC4C2N3C2=CCCCC2)CC(C(C)(C)C)=C1. The molecule has 0 amide bonds. The van der Waals surface area contributed by atoms with E-state index < -0.39 is 0 Å². The molecule has 0 aromatic rings. The van der Waals surface area contributed by atoms with Crippen LogP contribution in [0.1, 0.15) is 193 Å². The van der Waals surface area contributed by atoms with Gasteiger partial charge in [-0.05, 0) is 148 Å². The molecule has 4 aliphatic heterocycles. The molecule has 6 aliphatic carbocycles. The van der Waals surface area contributed by atoms with Crippen LogP contribution in [-0.4, -0.2) is 52.3 Å². The van der Waals surface area contributed by atoms with Crippen molar-refractivity contribution in [2.75, 3.05) is 0 Å². The molecule has 336 valence electrons. The summed E-state index contributed by atoms with van der Waals surface area (Å²) in [6.45, 7) is 36.3. The summed E-state index contributed by atoms with van der Waals surface area (Å²) in [6.07, 6.45) is 33.9. The maximum Gasteiger partial charge on any atom is 0.216 e. The largest absolute Gasteiger partial charge is 0.376 e. The zero-order valence-corrected chi connectivity index (χ0v) is 41.8. The maximum absolute atomic E-state index is 7.86. The second-order valence-corrected chi connectivity index (χ2v) is 27.9. The molecule has 5 fully saturated rings. The van der Waals surface area contributed by atoms with Crippen LogP contribution in [0.25, 0.3) is 0 Å². The average molecular weight is 829 g/mol. The van der Waals surface area contributed by atoms with Gasteiger partial charge in [0.15, 0.2) is 0 Å². The van der Waals surface area contributed by atoms with Gasteiger partial charge in [0.25, 0.3) is 0 Å². The third-order valence-electron chi connectivity index (χ3n) is 20.4. The molecule has 10 rings (SSSR count). The van der Waals surface area contributed by atoms with Crippen LogP contribution >= 0.6 is 0 Å². The molecule has 4 heterocycles. The molecule has 10 aliphatic rings. The van der Waals surface area contributed by atoms with E-state index >= 15 is 0 Å². The number of allylic oxidation sites excluding steroid dienone is 9. The lowest BCUT2D eigenvalue weighted by atomic mass is 9.24. The van der Waals surface area contributed by atoms with E-state index in [0.29, 0.717) is 71.1 Å². The Morgan fingerprint density at radius 3 is 2.11 bits per heavy atom. The van der Waals surface area contributed by atoms with Gasteiger partial charge in [-0.15, -0.1) is 0 Å². The zero-order valence-electron chi connectivity index (χ0n) is 41.8. The van der Waals surface area contributed by atoms with E-state index in [1.165, 1.54) is 96.3 Å². The molecule has 3 nitrogen and oxygen atoms in total. The van der Waals surface area contributed by atoms with Gasteiger partial charge in [-0.1, -0.05) is 144 Å². The van der Waals surface area contributed by atoms with Gasteiger partial charge < -0.3 is 14.5 Å². The van der Waals surface area contributed by atoms with Crippen molar-refractivity contribution in [2.45, 2.75) is 235 Å². The first kappa shape index (κ1) is 43.2. The van der Waals surface area contributed by atoms with E-state index in [2.05, 4.69) is 137 Å². The number of fused-ring (bicyclic) bond motifs is 7. The molecule has 0 bridgehead atoms. The van der Waals surface area contributed by atoms with Crippen molar-refractivity contribution < 1.29 is 4.74 Å². The van der Waals surface area contributed by atoms with Crippen LogP contribution in [0.4, 0.5) is 0 Å². The molecule has 0 aromatic heterocycles. The molecule has 2 saturated carbocycles. The van der Waals surface area contributed by atoms with E-state index in [9.17, 15) is 0 Å². The molecule has 61 heavy (non-hydrogen) atoms. The smallest absolute Gasteiger partial charge is 0.216 e. The van der Waals surface area contributed by atoms with Crippen molar-refractivity contribution in [2.24, 2.45) is 62.6 Å². The summed E-state index contributed by atoms with van der Waals surface area (Å²) in [6, 6.07) is 1.90. The van der Waals surface area contributed by atoms with Gasteiger partial charge >= 0.3 is 0 Å². The van der Waals surface area contributed by atoms with Crippen LogP contribution in [0.15, 0.2) is 58.4 Å². The third kappa shape index (κ3) is 6.69. The Balaban J connectivity index is 1.19. The lowest BCUT2D eigenvalue weighted by Gasteiger charge is -2.65. The number of hydrogen-bond acceptors (Lipinski definition) is 3. The summed E-state index contributed by atoms with van der Waals surface area (Å²) in [5.41, 5.74) is 10.2. The Labute approximate surface area is 375 Å². The first-order chi connectivity index (χ1) is 28.5. The normalized spacial score (nSPS) is 40.6. The topological polar surface area (TPSA) is 15.7 Å². The van der Waals surface area contributed by atoms with E-state index in [4.69, 9.17) is 4.74 Å². The minimum atomic E-state index is 0.149. The highest BCUT2D eigenvalue weighted by atomic mass is 16.5. The Bertz CT molecular complexity index is 1890. The molecule has 0 aromatic carbocycles. The number of hydrogen-bond donors (Lipinski definition) is 0. The zero-order chi connectivity index (χ0) is 43.4. The van der Waals surface area contributed by atoms with Crippen molar-refractivity contribution >= 4 is 6.71 Å². The Hall–Kier alpha value is -1.68.